The lowest BCUT2D eigenvalue weighted by atomic mass is 9.76. The van der Waals surface area contributed by atoms with Gasteiger partial charge in [0, 0.05) is 33.2 Å². The number of nitrogens with zero attached hydrogens (tertiary/aromatic N) is 2. The van der Waals surface area contributed by atoms with Crippen LogP contribution in [0.1, 0.15) is 39.0 Å². The topological polar surface area (TPSA) is 70.1 Å². The molecule has 3 aliphatic rings. The van der Waals surface area contributed by atoms with Crippen LogP contribution in [0.3, 0.4) is 0 Å². The van der Waals surface area contributed by atoms with E-state index in [0.29, 0.717) is 13.0 Å². The van der Waals surface area contributed by atoms with Crippen LogP contribution in [-0.2, 0) is 14.3 Å². The summed E-state index contributed by atoms with van der Waals surface area (Å²) in [5.74, 6) is -0.234. The summed E-state index contributed by atoms with van der Waals surface area (Å²) in [7, 11) is 0. The quantitative estimate of drug-likeness (QED) is 0.845. The summed E-state index contributed by atoms with van der Waals surface area (Å²) in [6.07, 6.45) is 4.93. The second-order valence-electron chi connectivity index (χ2n) is 7.56. The minimum Gasteiger partial charge on any atom is -0.480 e. The molecule has 1 N–H and O–H groups in total. The van der Waals surface area contributed by atoms with Crippen LogP contribution < -0.4 is 0 Å². The molecule has 3 aliphatic heterocycles. The number of hydrogen-bond donors (Lipinski definition) is 1. The first kappa shape index (κ1) is 16.7. The highest BCUT2D eigenvalue weighted by Gasteiger charge is 2.49. The normalized spacial score (nSPS) is 29.1. The average Bonchev–Trinajstić information content (AvgIpc) is 2.91. The van der Waals surface area contributed by atoms with Crippen molar-refractivity contribution in [2.75, 3.05) is 39.4 Å². The van der Waals surface area contributed by atoms with Crippen molar-refractivity contribution in [2.45, 2.75) is 45.1 Å². The highest BCUT2D eigenvalue weighted by Crippen LogP contribution is 2.43. The van der Waals surface area contributed by atoms with Crippen LogP contribution in [0.25, 0.3) is 0 Å². The average molecular weight is 324 g/mol. The molecule has 3 saturated heterocycles. The largest absolute Gasteiger partial charge is 0.480 e. The van der Waals surface area contributed by atoms with Crippen molar-refractivity contribution in [1.82, 2.24) is 9.80 Å². The molecule has 1 spiro atoms. The third kappa shape index (κ3) is 3.69. The lowest BCUT2D eigenvalue weighted by Crippen LogP contribution is -2.44. The van der Waals surface area contributed by atoms with Crippen LogP contribution >= 0.6 is 0 Å². The van der Waals surface area contributed by atoms with Crippen molar-refractivity contribution < 1.29 is 19.4 Å². The van der Waals surface area contributed by atoms with Gasteiger partial charge in [0.25, 0.3) is 0 Å². The highest BCUT2D eigenvalue weighted by molar-refractivity contribution is 5.83. The van der Waals surface area contributed by atoms with E-state index in [1.807, 2.05) is 0 Å². The Hall–Kier alpha value is -1.14. The molecular weight excluding hydrogens is 296 g/mol. The van der Waals surface area contributed by atoms with Crippen LogP contribution in [0, 0.1) is 11.3 Å². The third-order valence-corrected chi connectivity index (χ3v) is 5.97. The fourth-order valence-electron chi connectivity index (χ4n) is 4.47. The minimum atomic E-state index is -0.860. The number of aliphatic carboxylic acids is 1. The lowest BCUT2D eigenvalue weighted by molar-refractivity contribution is -0.147. The molecule has 1 atom stereocenters. The molecule has 0 radical (unpaired) electrons. The van der Waals surface area contributed by atoms with E-state index < -0.39 is 12.0 Å². The maximum absolute atomic E-state index is 11.8. The van der Waals surface area contributed by atoms with Gasteiger partial charge in [-0.2, -0.15) is 0 Å². The molecule has 6 nitrogen and oxygen atoms in total. The second-order valence-corrected chi connectivity index (χ2v) is 7.56. The smallest absolute Gasteiger partial charge is 0.326 e. The Kier molecular flexibility index (Phi) is 4.92. The van der Waals surface area contributed by atoms with Gasteiger partial charge in [-0.3, -0.25) is 4.79 Å². The van der Waals surface area contributed by atoms with Gasteiger partial charge >= 0.3 is 5.97 Å². The van der Waals surface area contributed by atoms with Crippen LogP contribution in [0.2, 0.25) is 0 Å². The number of hydrogen-bond acceptors (Lipinski definition) is 4. The van der Waals surface area contributed by atoms with E-state index in [9.17, 15) is 14.7 Å². The summed E-state index contributed by atoms with van der Waals surface area (Å²) in [5, 5.41) is 9.40. The zero-order valence-corrected chi connectivity index (χ0v) is 14.0. The Balaban J connectivity index is 1.55. The molecule has 130 valence electrons. The van der Waals surface area contributed by atoms with Gasteiger partial charge in [0.1, 0.15) is 6.04 Å². The van der Waals surface area contributed by atoms with Gasteiger partial charge in [-0.25, -0.2) is 4.79 Å². The molecule has 3 fully saturated rings. The zero-order valence-electron chi connectivity index (χ0n) is 14.0. The molecule has 6 heteroatoms. The molecule has 3 heterocycles. The van der Waals surface area contributed by atoms with Gasteiger partial charge in [-0.05, 0) is 56.5 Å². The Morgan fingerprint density at radius 3 is 2.39 bits per heavy atom. The molecule has 23 heavy (non-hydrogen) atoms. The highest BCUT2D eigenvalue weighted by atomic mass is 16.5. The Morgan fingerprint density at radius 2 is 1.87 bits per heavy atom. The summed E-state index contributed by atoms with van der Waals surface area (Å²) in [5.41, 5.74) is 0.0148. The molecule has 0 bridgehead atoms. The zero-order chi connectivity index (χ0) is 16.4. The number of ether oxygens (including phenoxy) is 1. The fraction of sp³-hybridized carbons (Fsp3) is 0.882. The molecule has 0 aromatic carbocycles. The Labute approximate surface area is 137 Å². The van der Waals surface area contributed by atoms with E-state index in [2.05, 4.69) is 4.90 Å². The Bertz CT molecular complexity index is 430. The molecule has 0 aliphatic carbocycles. The van der Waals surface area contributed by atoms with E-state index >= 15 is 0 Å². The molecular formula is C17H28N2O4. The monoisotopic (exact) mass is 324 g/mol. The van der Waals surface area contributed by atoms with Crippen LogP contribution in [-0.4, -0.2) is 72.2 Å². The Morgan fingerprint density at radius 1 is 1.22 bits per heavy atom. The number of carboxylic acids is 1. The van der Waals surface area contributed by atoms with E-state index in [1.165, 1.54) is 6.92 Å². The van der Waals surface area contributed by atoms with Crippen LogP contribution in [0.4, 0.5) is 0 Å². The van der Waals surface area contributed by atoms with E-state index in [-0.39, 0.29) is 11.3 Å². The maximum Gasteiger partial charge on any atom is 0.326 e. The summed E-state index contributed by atoms with van der Waals surface area (Å²) in [4.78, 5) is 27.3. The summed E-state index contributed by atoms with van der Waals surface area (Å²) in [6, 6.07) is -0.630. The number of carbonyl (C=O) groups excluding carboxylic acids is 1. The van der Waals surface area contributed by atoms with Gasteiger partial charge in [0.05, 0.1) is 0 Å². The standard InChI is InChI=1S/C17H28N2O4/c1-13(20)19-12-17(10-15(19)16(21)22)4-6-18(7-5-17)11-14-2-8-23-9-3-14/h14-15H,2-12H2,1H3,(H,21,22). The summed E-state index contributed by atoms with van der Waals surface area (Å²) in [6.45, 7) is 7.05. The first-order chi connectivity index (χ1) is 11.0. The maximum atomic E-state index is 11.8. The van der Waals surface area contributed by atoms with Gasteiger partial charge in [-0.15, -0.1) is 0 Å². The predicted octanol–water partition coefficient (Wildman–Crippen LogP) is 1.20. The van der Waals surface area contributed by atoms with E-state index in [0.717, 1.165) is 64.4 Å². The molecule has 1 amide bonds. The molecule has 3 rings (SSSR count). The molecule has 0 saturated carbocycles. The molecule has 1 unspecified atom stereocenters. The van der Waals surface area contributed by atoms with Crippen molar-refractivity contribution in [3.8, 4) is 0 Å². The van der Waals surface area contributed by atoms with Gasteiger partial charge < -0.3 is 19.6 Å². The van der Waals surface area contributed by atoms with E-state index in [1.54, 1.807) is 4.90 Å². The van der Waals surface area contributed by atoms with E-state index in [4.69, 9.17) is 4.74 Å². The number of likely N-dealkylation sites (tertiary alicyclic amines) is 2. The summed E-state index contributed by atoms with van der Waals surface area (Å²) >= 11 is 0. The molecule has 0 aromatic heterocycles. The van der Waals surface area contributed by atoms with Crippen molar-refractivity contribution in [1.29, 1.82) is 0 Å². The predicted molar refractivity (Wildman–Crippen MR) is 85.1 cm³/mol. The molecule has 0 aromatic rings. The number of rotatable bonds is 3. The lowest BCUT2D eigenvalue weighted by Gasteiger charge is -2.40. The SMILES string of the molecule is CC(=O)N1CC2(CCN(CC3CCOCC3)CC2)CC1C(=O)O. The van der Waals surface area contributed by atoms with Crippen molar-refractivity contribution >= 4 is 11.9 Å². The van der Waals surface area contributed by atoms with Crippen molar-refractivity contribution in [3.05, 3.63) is 0 Å². The van der Waals surface area contributed by atoms with Crippen molar-refractivity contribution in [2.24, 2.45) is 11.3 Å². The van der Waals surface area contributed by atoms with Crippen molar-refractivity contribution in [3.63, 3.8) is 0 Å². The van der Waals surface area contributed by atoms with Gasteiger partial charge in [-0.1, -0.05) is 0 Å². The first-order valence-electron chi connectivity index (χ1n) is 8.79. The van der Waals surface area contributed by atoms with Gasteiger partial charge in [0.15, 0.2) is 0 Å². The summed E-state index contributed by atoms with van der Waals surface area (Å²) < 4.78 is 5.42. The van der Waals surface area contributed by atoms with Gasteiger partial charge in [0.2, 0.25) is 5.91 Å². The fourth-order valence-corrected chi connectivity index (χ4v) is 4.47. The minimum absolute atomic E-state index is 0.0148. The number of piperidine rings is 1. The first-order valence-corrected chi connectivity index (χ1v) is 8.79. The number of carbonyl (C=O) groups is 2. The number of amides is 1. The van der Waals surface area contributed by atoms with Crippen LogP contribution in [0.15, 0.2) is 0 Å². The third-order valence-electron chi connectivity index (χ3n) is 5.97. The van der Waals surface area contributed by atoms with Crippen LogP contribution in [0.5, 0.6) is 0 Å². The second kappa shape index (κ2) is 6.77. The number of carboxylic acid groups (broad SMARTS) is 1.